The van der Waals surface area contributed by atoms with Gasteiger partial charge in [0.05, 0.1) is 22.5 Å². The molecule has 0 unspecified atom stereocenters. The van der Waals surface area contributed by atoms with Crippen LogP contribution in [0.4, 0.5) is 13.2 Å². The second kappa shape index (κ2) is 8.64. The van der Waals surface area contributed by atoms with E-state index in [-0.39, 0.29) is 18.2 Å². The molecule has 1 aliphatic heterocycles. The number of nitrogens with zero attached hydrogens (tertiary/aromatic N) is 3. The van der Waals surface area contributed by atoms with Crippen LogP contribution in [0.3, 0.4) is 0 Å². The van der Waals surface area contributed by atoms with Gasteiger partial charge in [-0.1, -0.05) is 23.2 Å². The van der Waals surface area contributed by atoms with Crippen LogP contribution in [0.2, 0.25) is 10.0 Å². The average Bonchev–Trinajstić information content (AvgIpc) is 3.14. The second-order valence-electron chi connectivity index (χ2n) is 7.20. The Morgan fingerprint density at radius 1 is 1.26 bits per heavy atom. The quantitative estimate of drug-likeness (QED) is 0.587. The molecule has 1 amide bonds. The highest BCUT2D eigenvalue weighted by molar-refractivity contribution is 6.36. The van der Waals surface area contributed by atoms with Gasteiger partial charge in [0, 0.05) is 36.5 Å². The molecule has 6 nitrogen and oxygen atoms in total. The first-order valence-electron chi connectivity index (χ1n) is 9.50. The topological polar surface area (TPSA) is 68.5 Å². The van der Waals surface area contributed by atoms with Crippen LogP contribution in [-0.2, 0) is 10.9 Å². The first-order valence-corrected chi connectivity index (χ1v) is 10.3. The first kappa shape index (κ1) is 21.9. The van der Waals surface area contributed by atoms with Gasteiger partial charge in [-0.25, -0.2) is 9.97 Å². The van der Waals surface area contributed by atoms with Crippen molar-refractivity contribution in [3.63, 3.8) is 0 Å². The standard InChI is InChI=1S/C20H17Cl2F3N4O2/c21-12-1-2-13(15(22)7-12)16-9-27-19-28-17(20(23,24)25)14(10-29(16)19)18(30)26-8-11-3-5-31-6-4-11/h1-2,7,9-11H,3-6,8H2,(H,26,30). The van der Waals surface area contributed by atoms with E-state index in [0.717, 1.165) is 19.0 Å². The molecule has 1 aromatic carbocycles. The summed E-state index contributed by atoms with van der Waals surface area (Å²) < 4.78 is 47.5. The number of benzene rings is 1. The van der Waals surface area contributed by atoms with Gasteiger partial charge < -0.3 is 10.1 Å². The van der Waals surface area contributed by atoms with E-state index in [2.05, 4.69) is 15.3 Å². The number of alkyl halides is 3. The zero-order chi connectivity index (χ0) is 22.2. The number of imidazole rings is 1. The van der Waals surface area contributed by atoms with Gasteiger partial charge in [0.1, 0.15) is 0 Å². The smallest absolute Gasteiger partial charge is 0.381 e. The Kier molecular flexibility index (Phi) is 6.09. The summed E-state index contributed by atoms with van der Waals surface area (Å²) >= 11 is 12.2. The van der Waals surface area contributed by atoms with Crippen molar-refractivity contribution < 1.29 is 22.7 Å². The monoisotopic (exact) mass is 472 g/mol. The molecule has 3 heterocycles. The fourth-order valence-electron chi connectivity index (χ4n) is 3.47. The van der Waals surface area contributed by atoms with Crippen molar-refractivity contribution in [2.75, 3.05) is 19.8 Å². The number of hydrogen-bond acceptors (Lipinski definition) is 4. The molecular formula is C20H17Cl2F3N4O2. The molecule has 1 aliphatic rings. The SMILES string of the molecule is O=C(NCC1CCOCC1)c1cn2c(-c3ccc(Cl)cc3Cl)cnc2nc1C(F)(F)F. The maximum Gasteiger partial charge on any atom is 0.434 e. The zero-order valence-electron chi connectivity index (χ0n) is 16.0. The lowest BCUT2D eigenvalue weighted by molar-refractivity contribution is -0.141. The Bertz CT molecular complexity index is 1130. The van der Waals surface area contributed by atoms with Crippen LogP contribution in [0.15, 0.2) is 30.6 Å². The van der Waals surface area contributed by atoms with Crippen LogP contribution in [0.5, 0.6) is 0 Å². The second-order valence-corrected chi connectivity index (χ2v) is 8.05. The van der Waals surface area contributed by atoms with Gasteiger partial charge in [-0.15, -0.1) is 0 Å². The maximum atomic E-state index is 13.6. The summed E-state index contributed by atoms with van der Waals surface area (Å²) in [5, 5.41) is 3.31. The van der Waals surface area contributed by atoms with Crippen LogP contribution in [0.1, 0.15) is 28.9 Å². The Labute approximate surface area is 185 Å². The molecule has 1 N–H and O–H groups in total. The average molecular weight is 473 g/mol. The van der Waals surface area contributed by atoms with E-state index in [9.17, 15) is 18.0 Å². The fourth-order valence-corrected chi connectivity index (χ4v) is 3.98. The molecular weight excluding hydrogens is 456 g/mol. The van der Waals surface area contributed by atoms with Gasteiger partial charge in [-0.05, 0) is 37.0 Å². The van der Waals surface area contributed by atoms with E-state index < -0.39 is 23.3 Å². The molecule has 0 spiro atoms. The maximum absolute atomic E-state index is 13.6. The van der Waals surface area contributed by atoms with Crippen molar-refractivity contribution in [2.24, 2.45) is 5.92 Å². The van der Waals surface area contributed by atoms with Gasteiger partial charge >= 0.3 is 6.18 Å². The summed E-state index contributed by atoms with van der Waals surface area (Å²) in [6, 6.07) is 4.73. The largest absolute Gasteiger partial charge is 0.434 e. The number of amides is 1. The molecule has 3 aromatic rings. The molecule has 164 valence electrons. The van der Waals surface area contributed by atoms with Crippen molar-refractivity contribution >= 4 is 34.9 Å². The predicted octanol–water partition coefficient (Wildman–Crippen LogP) is 4.88. The molecule has 31 heavy (non-hydrogen) atoms. The Balaban J connectivity index is 1.74. The van der Waals surface area contributed by atoms with Gasteiger partial charge in [-0.2, -0.15) is 13.2 Å². The lowest BCUT2D eigenvalue weighted by Crippen LogP contribution is -2.33. The number of halogens is 5. The van der Waals surface area contributed by atoms with Crippen LogP contribution in [0, 0.1) is 5.92 Å². The molecule has 0 bridgehead atoms. The molecule has 11 heteroatoms. The third-order valence-corrected chi connectivity index (χ3v) is 5.66. The van der Waals surface area contributed by atoms with E-state index in [1.165, 1.54) is 16.7 Å². The van der Waals surface area contributed by atoms with E-state index in [4.69, 9.17) is 27.9 Å². The predicted molar refractivity (Wildman–Crippen MR) is 109 cm³/mol. The minimum atomic E-state index is -4.82. The minimum Gasteiger partial charge on any atom is -0.381 e. The summed E-state index contributed by atoms with van der Waals surface area (Å²) in [5.41, 5.74) is -0.995. The molecule has 1 fully saturated rings. The number of rotatable bonds is 4. The lowest BCUT2D eigenvalue weighted by atomic mass is 10.0. The van der Waals surface area contributed by atoms with E-state index in [1.54, 1.807) is 12.1 Å². The zero-order valence-corrected chi connectivity index (χ0v) is 17.6. The third-order valence-electron chi connectivity index (χ3n) is 5.11. The first-order chi connectivity index (χ1) is 14.7. The third kappa shape index (κ3) is 4.63. The van der Waals surface area contributed by atoms with Gasteiger partial charge in [0.25, 0.3) is 5.91 Å². The van der Waals surface area contributed by atoms with Crippen LogP contribution in [0.25, 0.3) is 17.0 Å². The summed E-state index contributed by atoms with van der Waals surface area (Å²) in [7, 11) is 0. The molecule has 0 saturated carbocycles. The van der Waals surface area contributed by atoms with Crippen LogP contribution < -0.4 is 5.32 Å². The van der Waals surface area contributed by atoms with Gasteiger partial charge in [0.2, 0.25) is 5.78 Å². The fraction of sp³-hybridized carbons (Fsp3) is 0.350. The van der Waals surface area contributed by atoms with Crippen LogP contribution in [-0.4, -0.2) is 40.0 Å². The summed E-state index contributed by atoms with van der Waals surface area (Å²) in [6.45, 7) is 1.40. The van der Waals surface area contributed by atoms with E-state index in [1.807, 2.05) is 0 Å². The molecule has 0 aliphatic carbocycles. The summed E-state index contributed by atoms with van der Waals surface area (Å²) in [5.74, 6) is -0.898. The van der Waals surface area contributed by atoms with E-state index in [0.29, 0.717) is 34.5 Å². The van der Waals surface area contributed by atoms with E-state index >= 15 is 0 Å². The summed E-state index contributed by atoms with van der Waals surface area (Å²) in [6.07, 6.45) is -0.898. The van der Waals surface area contributed by atoms with Crippen molar-refractivity contribution in [3.8, 4) is 11.3 Å². The van der Waals surface area contributed by atoms with Gasteiger partial charge in [-0.3, -0.25) is 9.20 Å². The van der Waals surface area contributed by atoms with Crippen molar-refractivity contribution in [3.05, 3.63) is 51.9 Å². The highest BCUT2D eigenvalue weighted by atomic mass is 35.5. The number of fused-ring (bicyclic) bond motifs is 1. The number of aromatic nitrogens is 3. The lowest BCUT2D eigenvalue weighted by Gasteiger charge is -2.22. The molecule has 2 aromatic heterocycles. The number of nitrogens with one attached hydrogen (secondary N) is 1. The normalized spacial score (nSPS) is 15.4. The molecule has 4 rings (SSSR count). The highest BCUT2D eigenvalue weighted by Crippen LogP contribution is 2.34. The number of ether oxygens (including phenoxy) is 1. The molecule has 0 radical (unpaired) electrons. The summed E-state index contributed by atoms with van der Waals surface area (Å²) in [4.78, 5) is 20.3. The Morgan fingerprint density at radius 2 is 2.00 bits per heavy atom. The number of carbonyl (C=O) groups is 1. The molecule has 0 atom stereocenters. The Hall–Kier alpha value is -2.36. The van der Waals surface area contributed by atoms with Crippen molar-refractivity contribution in [1.82, 2.24) is 19.7 Å². The highest BCUT2D eigenvalue weighted by Gasteiger charge is 2.38. The van der Waals surface area contributed by atoms with Gasteiger partial charge in [0.15, 0.2) is 5.69 Å². The van der Waals surface area contributed by atoms with Crippen LogP contribution >= 0.6 is 23.2 Å². The number of carbonyl (C=O) groups excluding carboxylic acids is 1. The van der Waals surface area contributed by atoms with Crippen molar-refractivity contribution in [1.29, 1.82) is 0 Å². The van der Waals surface area contributed by atoms with Crippen molar-refractivity contribution in [2.45, 2.75) is 19.0 Å². The molecule has 1 saturated heterocycles. The Morgan fingerprint density at radius 3 is 2.68 bits per heavy atom. The number of hydrogen-bond donors (Lipinski definition) is 1. The minimum absolute atomic E-state index is 0.153.